The van der Waals surface area contributed by atoms with Crippen molar-refractivity contribution in [2.45, 2.75) is 26.2 Å². The summed E-state index contributed by atoms with van der Waals surface area (Å²) in [6, 6.07) is 8.22. The molecule has 5 heteroatoms. The summed E-state index contributed by atoms with van der Waals surface area (Å²) < 4.78 is 0. The molecule has 1 aliphatic heterocycles. The number of anilines is 2. The standard InChI is InChI=1S/C15H16N2O2S/c1-9(2)12-13(14(18)19)20-15(16-12)17-8-7-10-5-3-4-6-11(10)17/h3-6,9H,7-8H2,1-2H3,(H,18,19). The van der Waals surface area contributed by atoms with Crippen molar-refractivity contribution < 1.29 is 9.90 Å². The summed E-state index contributed by atoms with van der Waals surface area (Å²) in [6.07, 6.45) is 0.981. The molecule has 1 N–H and O–H groups in total. The van der Waals surface area contributed by atoms with Crippen LogP contribution in [0.25, 0.3) is 0 Å². The number of aromatic nitrogens is 1. The van der Waals surface area contributed by atoms with Crippen molar-refractivity contribution in [2.24, 2.45) is 0 Å². The predicted octanol–water partition coefficient (Wildman–Crippen LogP) is 3.66. The van der Waals surface area contributed by atoms with Gasteiger partial charge in [-0.2, -0.15) is 0 Å². The number of benzene rings is 1. The lowest BCUT2D eigenvalue weighted by molar-refractivity contribution is 0.0700. The third kappa shape index (κ3) is 2.08. The molecule has 0 saturated carbocycles. The molecule has 3 rings (SSSR count). The first-order valence-electron chi connectivity index (χ1n) is 6.67. The lowest BCUT2D eigenvalue weighted by Crippen LogP contribution is -2.12. The van der Waals surface area contributed by atoms with Crippen LogP contribution in [0.5, 0.6) is 0 Å². The van der Waals surface area contributed by atoms with E-state index in [2.05, 4.69) is 22.0 Å². The number of rotatable bonds is 3. The number of aromatic carboxylic acids is 1. The zero-order chi connectivity index (χ0) is 14.3. The Bertz CT molecular complexity index is 664. The maximum absolute atomic E-state index is 11.4. The van der Waals surface area contributed by atoms with Crippen LogP contribution < -0.4 is 4.90 Å². The van der Waals surface area contributed by atoms with Gasteiger partial charge in [0.1, 0.15) is 4.88 Å². The van der Waals surface area contributed by atoms with Gasteiger partial charge in [-0.25, -0.2) is 9.78 Å². The Balaban J connectivity index is 2.04. The van der Waals surface area contributed by atoms with Gasteiger partial charge in [-0.3, -0.25) is 0 Å². The molecule has 2 heterocycles. The molecule has 0 saturated heterocycles. The van der Waals surface area contributed by atoms with Gasteiger partial charge in [0.05, 0.1) is 5.69 Å². The van der Waals surface area contributed by atoms with Crippen molar-refractivity contribution >= 4 is 28.1 Å². The molecule has 0 aliphatic carbocycles. The molecule has 1 aromatic carbocycles. The molecule has 0 amide bonds. The van der Waals surface area contributed by atoms with Crippen LogP contribution in [0.3, 0.4) is 0 Å². The average Bonchev–Trinajstić information content (AvgIpc) is 3.02. The molecular weight excluding hydrogens is 272 g/mol. The molecular formula is C15H16N2O2S. The maximum Gasteiger partial charge on any atom is 0.347 e. The van der Waals surface area contributed by atoms with Crippen LogP contribution in [0.15, 0.2) is 24.3 Å². The summed E-state index contributed by atoms with van der Waals surface area (Å²) in [5.41, 5.74) is 3.13. The minimum absolute atomic E-state index is 0.115. The third-order valence-corrected chi connectivity index (χ3v) is 4.58. The van der Waals surface area contributed by atoms with Crippen molar-refractivity contribution in [3.05, 3.63) is 40.4 Å². The van der Waals surface area contributed by atoms with Gasteiger partial charge in [0.25, 0.3) is 0 Å². The summed E-state index contributed by atoms with van der Waals surface area (Å²) in [5, 5.41) is 10.1. The number of nitrogens with zero attached hydrogens (tertiary/aromatic N) is 2. The number of hydrogen-bond donors (Lipinski definition) is 1. The molecule has 0 spiro atoms. The van der Waals surface area contributed by atoms with E-state index in [1.165, 1.54) is 16.9 Å². The Kier molecular flexibility index (Phi) is 3.22. The van der Waals surface area contributed by atoms with Crippen LogP contribution >= 0.6 is 11.3 Å². The van der Waals surface area contributed by atoms with Crippen LogP contribution in [0.4, 0.5) is 10.8 Å². The fourth-order valence-corrected chi connectivity index (χ4v) is 3.62. The Labute approximate surface area is 121 Å². The van der Waals surface area contributed by atoms with Crippen molar-refractivity contribution in [3.63, 3.8) is 0 Å². The molecule has 0 radical (unpaired) electrons. The SMILES string of the molecule is CC(C)c1nc(N2CCc3ccccc32)sc1C(=O)O. The van der Waals surface area contributed by atoms with E-state index < -0.39 is 5.97 Å². The van der Waals surface area contributed by atoms with E-state index in [9.17, 15) is 9.90 Å². The lowest BCUT2D eigenvalue weighted by atomic mass is 10.1. The number of fused-ring (bicyclic) bond motifs is 1. The molecule has 104 valence electrons. The van der Waals surface area contributed by atoms with Crippen LogP contribution in [0.2, 0.25) is 0 Å². The van der Waals surface area contributed by atoms with Gasteiger partial charge in [0.2, 0.25) is 0 Å². The van der Waals surface area contributed by atoms with Crippen molar-refractivity contribution in [3.8, 4) is 0 Å². The molecule has 4 nitrogen and oxygen atoms in total. The van der Waals surface area contributed by atoms with E-state index in [1.807, 2.05) is 26.0 Å². The van der Waals surface area contributed by atoms with Gasteiger partial charge in [0.15, 0.2) is 5.13 Å². The first-order valence-corrected chi connectivity index (χ1v) is 7.49. The fourth-order valence-electron chi connectivity index (χ4n) is 2.52. The van der Waals surface area contributed by atoms with Gasteiger partial charge in [-0.1, -0.05) is 43.4 Å². The third-order valence-electron chi connectivity index (χ3n) is 3.50. The van der Waals surface area contributed by atoms with Crippen molar-refractivity contribution in [1.82, 2.24) is 4.98 Å². The zero-order valence-electron chi connectivity index (χ0n) is 11.5. The Hall–Kier alpha value is -1.88. The van der Waals surface area contributed by atoms with Crippen LogP contribution in [-0.2, 0) is 6.42 Å². The van der Waals surface area contributed by atoms with E-state index >= 15 is 0 Å². The molecule has 0 fully saturated rings. The van der Waals surface area contributed by atoms with E-state index in [4.69, 9.17) is 0 Å². The highest BCUT2D eigenvalue weighted by atomic mass is 32.1. The Morgan fingerprint density at radius 2 is 2.15 bits per heavy atom. The summed E-state index contributed by atoms with van der Waals surface area (Å²) >= 11 is 1.27. The quantitative estimate of drug-likeness (QED) is 0.936. The number of hydrogen-bond acceptors (Lipinski definition) is 4. The largest absolute Gasteiger partial charge is 0.477 e. The minimum Gasteiger partial charge on any atom is -0.477 e. The lowest BCUT2D eigenvalue weighted by Gasteiger charge is -2.15. The topological polar surface area (TPSA) is 53.4 Å². The highest BCUT2D eigenvalue weighted by molar-refractivity contribution is 7.17. The van der Waals surface area contributed by atoms with Gasteiger partial charge in [-0.15, -0.1) is 0 Å². The molecule has 2 aromatic rings. The number of para-hydroxylation sites is 1. The average molecular weight is 288 g/mol. The van der Waals surface area contributed by atoms with E-state index in [-0.39, 0.29) is 5.92 Å². The van der Waals surface area contributed by atoms with E-state index in [0.29, 0.717) is 10.6 Å². The molecule has 0 bridgehead atoms. The first-order chi connectivity index (χ1) is 9.58. The Morgan fingerprint density at radius 1 is 1.40 bits per heavy atom. The zero-order valence-corrected chi connectivity index (χ0v) is 12.3. The summed E-state index contributed by atoms with van der Waals surface area (Å²) in [7, 11) is 0. The van der Waals surface area contributed by atoms with Gasteiger partial charge < -0.3 is 10.0 Å². The monoisotopic (exact) mass is 288 g/mol. The highest BCUT2D eigenvalue weighted by Crippen LogP contribution is 2.38. The fraction of sp³-hybridized carbons (Fsp3) is 0.333. The molecule has 20 heavy (non-hydrogen) atoms. The minimum atomic E-state index is -0.884. The number of carbonyl (C=O) groups is 1. The predicted molar refractivity (Wildman–Crippen MR) is 80.3 cm³/mol. The van der Waals surface area contributed by atoms with Crippen LogP contribution in [0.1, 0.15) is 40.7 Å². The first kappa shape index (κ1) is 13.1. The Morgan fingerprint density at radius 3 is 2.80 bits per heavy atom. The van der Waals surface area contributed by atoms with Crippen LogP contribution in [0, 0.1) is 0 Å². The second kappa shape index (κ2) is 4.90. The molecule has 0 atom stereocenters. The van der Waals surface area contributed by atoms with Gasteiger partial charge >= 0.3 is 5.97 Å². The molecule has 1 aromatic heterocycles. The highest BCUT2D eigenvalue weighted by Gasteiger charge is 2.26. The van der Waals surface area contributed by atoms with Gasteiger partial charge in [-0.05, 0) is 24.0 Å². The number of carboxylic acids is 1. The van der Waals surface area contributed by atoms with E-state index in [0.717, 1.165) is 23.8 Å². The summed E-state index contributed by atoms with van der Waals surface area (Å²) in [4.78, 5) is 18.4. The normalized spacial score (nSPS) is 13.8. The second-order valence-corrected chi connectivity index (χ2v) is 6.18. The summed E-state index contributed by atoms with van der Waals surface area (Å²) in [5.74, 6) is -0.770. The molecule has 1 aliphatic rings. The van der Waals surface area contributed by atoms with Crippen molar-refractivity contribution in [2.75, 3.05) is 11.4 Å². The maximum atomic E-state index is 11.4. The number of carboxylic acid groups (broad SMARTS) is 1. The van der Waals surface area contributed by atoms with Gasteiger partial charge in [0, 0.05) is 12.2 Å². The van der Waals surface area contributed by atoms with Crippen LogP contribution in [-0.4, -0.2) is 22.6 Å². The molecule has 0 unspecified atom stereocenters. The number of thiazole rings is 1. The summed E-state index contributed by atoms with van der Waals surface area (Å²) in [6.45, 7) is 4.82. The second-order valence-electron chi connectivity index (χ2n) is 5.20. The smallest absolute Gasteiger partial charge is 0.347 e. The van der Waals surface area contributed by atoms with Crippen molar-refractivity contribution in [1.29, 1.82) is 0 Å². The van der Waals surface area contributed by atoms with E-state index in [1.54, 1.807) is 0 Å².